The van der Waals surface area contributed by atoms with Crippen LogP contribution >= 0.6 is 11.6 Å². The first kappa shape index (κ1) is 19.5. The van der Waals surface area contributed by atoms with Crippen LogP contribution in [0.1, 0.15) is 80.9 Å². The Morgan fingerprint density at radius 2 is 1.22 bits per heavy atom. The molecule has 0 spiro atoms. The molecule has 1 nitrogen and oxygen atoms in total. The van der Waals surface area contributed by atoms with E-state index in [0.29, 0.717) is 11.8 Å². The van der Waals surface area contributed by atoms with Crippen molar-refractivity contribution in [3.63, 3.8) is 0 Å². The summed E-state index contributed by atoms with van der Waals surface area (Å²) in [6.45, 7) is 4.43. The standard InChI is InChI=1S/C20H34ClF.H2O.2H2/c1-13-3-6-15(7-4-13)16-8-10-17(11-9-16)18-12-5-14(2)20(22)19(18)21;;;/h13-20H,3-12H2,1-2H3;1H2;2*1H. The Morgan fingerprint density at radius 3 is 1.78 bits per heavy atom. The summed E-state index contributed by atoms with van der Waals surface area (Å²) in [5.41, 5.74) is 0. The van der Waals surface area contributed by atoms with Crippen LogP contribution in [0.5, 0.6) is 0 Å². The van der Waals surface area contributed by atoms with E-state index in [1.54, 1.807) is 0 Å². The first-order valence-corrected chi connectivity index (χ1v) is 10.3. The van der Waals surface area contributed by atoms with Crippen LogP contribution in [0.15, 0.2) is 0 Å². The van der Waals surface area contributed by atoms with Crippen LogP contribution in [0, 0.1) is 35.5 Å². The van der Waals surface area contributed by atoms with E-state index in [9.17, 15) is 4.39 Å². The van der Waals surface area contributed by atoms with Gasteiger partial charge in [-0.15, -0.1) is 11.6 Å². The second-order valence-corrected chi connectivity index (χ2v) is 9.31. The van der Waals surface area contributed by atoms with E-state index in [1.165, 1.54) is 51.4 Å². The van der Waals surface area contributed by atoms with Crippen LogP contribution in [0.3, 0.4) is 0 Å². The van der Waals surface area contributed by atoms with Crippen LogP contribution in [0.25, 0.3) is 0 Å². The predicted octanol–water partition coefficient (Wildman–Crippen LogP) is 6.28. The van der Waals surface area contributed by atoms with Crippen molar-refractivity contribution in [1.82, 2.24) is 0 Å². The maximum Gasteiger partial charge on any atom is 0.119 e. The SMILES string of the molecule is CC1CCC(C2CCC(C3CCC(C)C(F)C3Cl)CC2)CC1.O.[HH].[HH]. The summed E-state index contributed by atoms with van der Waals surface area (Å²) >= 11 is 6.49. The molecule has 3 aliphatic carbocycles. The monoisotopic (exact) mass is 350 g/mol. The van der Waals surface area contributed by atoms with Crippen molar-refractivity contribution in [2.24, 2.45) is 35.5 Å². The minimum atomic E-state index is -0.780. The summed E-state index contributed by atoms with van der Waals surface area (Å²) in [6, 6.07) is 0. The Bertz CT molecular complexity index is 358. The van der Waals surface area contributed by atoms with Crippen LogP contribution in [-0.4, -0.2) is 17.0 Å². The van der Waals surface area contributed by atoms with Crippen LogP contribution < -0.4 is 0 Å². The topological polar surface area (TPSA) is 31.5 Å². The zero-order valence-corrected chi connectivity index (χ0v) is 15.7. The van der Waals surface area contributed by atoms with Crippen LogP contribution in [0.4, 0.5) is 4.39 Å². The molecule has 3 rings (SSSR count). The molecule has 0 amide bonds. The average molecular weight is 351 g/mol. The van der Waals surface area contributed by atoms with Gasteiger partial charge in [-0.1, -0.05) is 26.7 Å². The molecular weight excluding hydrogens is 311 g/mol. The Kier molecular flexibility index (Phi) is 7.22. The van der Waals surface area contributed by atoms with Gasteiger partial charge in [0.15, 0.2) is 0 Å². The highest BCUT2D eigenvalue weighted by atomic mass is 35.5. The molecule has 23 heavy (non-hydrogen) atoms. The third-order valence-corrected chi connectivity index (χ3v) is 7.93. The summed E-state index contributed by atoms with van der Waals surface area (Å²) in [6.07, 6.45) is 12.6. The number of halogens is 2. The van der Waals surface area contributed by atoms with E-state index in [0.717, 1.165) is 30.6 Å². The molecular formula is C20H40ClFO. The first-order chi connectivity index (χ1) is 10.6. The maximum absolute atomic E-state index is 14.2. The van der Waals surface area contributed by atoms with Gasteiger partial charge in [0.05, 0.1) is 5.38 Å². The summed E-state index contributed by atoms with van der Waals surface area (Å²) in [4.78, 5) is 0. The van der Waals surface area contributed by atoms with Crippen LogP contribution in [0.2, 0.25) is 0 Å². The Balaban J connectivity index is 0.00000192. The van der Waals surface area contributed by atoms with Gasteiger partial charge in [0.2, 0.25) is 0 Å². The molecule has 4 unspecified atom stereocenters. The third kappa shape index (κ3) is 4.42. The smallest absolute Gasteiger partial charge is 0.119 e. The van der Waals surface area contributed by atoms with Crippen molar-refractivity contribution >= 4 is 11.6 Å². The first-order valence-electron chi connectivity index (χ1n) is 9.84. The van der Waals surface area contributed by atoms with Gasteiger partial charge in [0, 0.05) is 2.85 Å². The molecule has 3 aliphatic rings. The molecule has 0 radical (unpaired) electrons. The average Bonchev–Trinajstić information content (AvgIpc) is 2.54. The molecule has 0 aromatic rings. The van der Waals surface area contributed by atoms with Gasteiger partial charge >= 0.3 is 0 Å². The molecule has 0 aromatic carbocycles. The van der Waals surface area contributed by atoms with E-state index in [4.69, 9.17) is 11.6 Å². The van der Waals surface area contributed by atoms with Crippen molar-refractivity contribution in [2.75, 3.05) is 0 Å². The Hall–Kier alpha value is 0.180. The zero-order chi connectivity index (χ0) is 15.7. The normalized spacial score (nSPS) is 48.5. The minimum absolute atomic E-state index is 0. The lowest BCUT2D eigenvalue weighted by molar-refractivity contribution is 0.0740. The van der Waals surface area contributed by atoms with Crippen molar-refractivity contribution in [1.29, 1.82) is 0 Å². The maximum atomic E-state index is 14.2. The molecule has 0 bridgehead atoms. The van der Waals surface area contributed by atoms with E-state index in [-0.39, 0.29) is 19.6 Å². The number of hydrogen-bond donors (Lipinski definition) is 0. The summed E-state index contributed by atoms with van der Waals surface area (Å²) in [5.74, 6) is 4.22. The van der Waals surface area contributed by atoms with Crippen molar-refractivity contribution in [3.8, 4) is 0 Å². The lowest BCUT2D eigenvalue weighted by Crippen LogP contribution is -2.41. The van der Waals surface area contributed by atoms with Gasteiger partial charge in [0.1, 0.15) is 6.17 Å². The van der Waals surface area contributed by atoms with Gasteiger partial charge in [-0.05, 0) is 86.9 Å². The van der Waals surface area contributed by atoms with E-state index < -0.39 is 6.17 Å². The van der Waals surface area contributed by atoms with Gasteiger partial charge in [-0.3, -0.25) is 0 Å². The second kappa shape index (κ2) is 8.52. The largest absolute Gasteiger partial charge is 0.412 e. The molecule has 3 fully saturated rings. The highest BCUT2D eigenvalue weighted by Gasteiger charge is 2.41. The Morgan fingerprint density at radius 1 is 0.739 bits per heavy atom. The molecule has 2 N–H and O–H groups in total. The molecule has 3 heteroatoms. The highest BCUT2D eigenvalue weighted by molar-refractivity contribution is 6.21. The van der Waals surface area contributed by atoms with Crippen LogP contribution in [-0.2, 0) is 0 Å². The van der Waals surface area contributed by atoms with E-state index in [2.05, 4.69) is 6.92 Å². The molecule has 0 aromatic heterocycles. The quantitative estimate of drug-likeness (QED) is 0.525. The summed E-state index contributed by atoms with van der Waals surface area (Å²) < 4.78 is 14.2. The highest BCUT2D eigenvalue weighted by Crippen LogP contribution is 2.47. The van der Waals surface area contributed by atoms with Crippen molar-refractivity contribution < 1.29 is 12.7 Å². The van der Waals surface area contributed by atoms with E-state index >= 15 is 0 Å². The fourth-order valence-electron chi connectivity index (χ4n) is 5.62. The fourth-order valence-corrected chi connectivity index (χ4v) is 6.20. The van der Waals surface area contributed by atoms with Gasteiger partial charge < -0.3 is 5.48 Å². The third-order valence-electron chi connectivity index (χ3n) is 7.36. The van der Waals surface area contributed by atoms with E-state index in [1.807, 2.05) is 6.92 Å². The second-order valence-electron chi connectivity index (χ2n) is 8.80. The number of hydrogen-bond acceptors (Lipinski definition) is 0. The number of alkyl halides is 2. The summed E-state index contributed by atoms with van der Waals surface area (Å²) in [5, 5.41) is -0.221. The van der Waals surface area contributed by atoms with Gasteiger partial charge in [-0.25, -0.2) is 4.39 Å². The van der Waals surface area contributed by atoms with Gasteiger partial charge in [0.25, 0.3) is 0 Å². The molecule has 0 saturated heterocycles. The lowest BCUT2D eigenvalue weighted by atomic mass is 9.65. The molecule has 4 atom stereocenters. The molecule has 3 saturated carbocycles. The fraction of sp³-hybridized carbons (Fsp3) is 1.00. The predicted molar refractivity (Wildman–Crippen MR) is 101 cm³/mol. The molecule has 140 valence electrons. The molecule has 0 aliphatic heterocycles. The van der Waals surface area contributed by atoms with Crippen molar-refractivity contribution in [2.45, 2.75) is 89.6 Å². The van der Waals surface area contributed by atoms with Gasteiger partial charge in [-0.2, -0.15) is 0 Å². The minimum Gasteiger partial charge on any atom is -0.412 e. The number of rotatable bonds is 2. The molecule has 0 heterocycles. The van der Waals surface area contributed by atoms with Crippen molar-refractivity contribution in [3.05, 3.63) is 0 Å². The Labute approximate surface area is 150 Å². The lowest BCUT2D eigenvalue weighted by Gasteiger charge is -2.43. The summed E-state index contributed by atoms with van der Waals surface area (Å²) in [7, 11) is 0. The zero-order valence-electron chi connectivity index (χ0n) is 14.9.